The lowest BCUT2D eigenvalue weighted by molar-refractivity contribution is -0.132. The molecule has 0 fully saturated rings. The molecule has 3 aromatic rings. The molecule has 1 amide bonds. The minimum atomic E-state index is -2.90. The summed E-state index contributed by atoms with van der Waals surface area (Å²) in [5, 5.41) is 17.4. The van der Waals surface area contributed by atoms with Gasteiger partial charge in [-0.15, -0.1) is 6.58 Å². The zero-order chi connectivity index (χ0) is 29.4. The van der Waals surface area contributed by atoms with Crippen LogP contribution < -0.4 is 15.7 Å². The van der Waals surface area contributed by atoms with E-state index in [1.807, 2.05) is 87.5 Å². The van der Waals surface area contributed by atoms with E-state index in [0.717, 1.165) is 15.9 Å². The van der Waals surface area contributed by atoms with Gasteiger partial charge in [0.1, 0.15) is 5.60 Å². The number of nitrogens with zero attached hydrogens (tertiary/aromatic N) is 1. The van der Waals surface area contributed by atoms with E-state index in [9.17, 15) is 10.0 Å². The number of carbonyl (C=O) groups excluding carboxylic acids is 1. The van der Waals surface area contributed by atoms with Crippen LogP contribution in [0.1, 0.15) is 47.1 Å². The van der Waals surface area contributed by atoms with Crippen molar-refractivity contribution in [2.24, 2.45) is 0 Å². The Morgan fingerprint density at radius 1 is 0.900 bits per heavy atom. The van der Waals surface area contributed by atoms with Crippen LogP contribution in [-0.2, 0) is 15.7 Å². The summed E-state index contributed by atoms with van der Waals surface area (Å²) in [7, 11) is -2.90. The van der Waals surface area contributed by atoms with Crippen LogP contribution in [0.25, 0.3) is 0 Å². The Hall–Kier alpha value is -3.23. The maximum atomic E-state index is 13.0. The lowest BCUT2D eigenvalue weighted by Crippen LogP contribution is -2.68. The number of rotatable bonds is 11. The van der Waals surface area contributed by atoms with Crippen molar-refractivity contribution in [2.45, 2.75) is 70.8 Å². The zero-order valence-electron chi connectivity index (χ0n) is 24.6. The fourth-order valence-corrected chi connectivity index (χ4v) is 9.62. The van der Waals surface area contributed by atoms with E-state index < -0.39 is 32.1 Å². The average Bonchev–Trinajstić information content (AvgIpc) is 2.89. The first-order valence-electron chi connectivity index (χ1n) is 13.7. The Balaban J connectivity index is 2.03. The van der Waals surface area contributed by atoms with Gasteiger partial charge in [0.25, 0.3) is 8.32 Å². The summed E-state index contributed by atoms with van der Waals surface area (Å²) in [6.07, 6.45) is 1.06. The smallest absolute Gasteiger partial charge is 0.408 e. The SMILES string of the molecule is C=C[C@@H]([C@H](CO[Si](c1ccccc1)(c1ccccc1)C(C)(C)C)NC(=O)OC(C)(C)C)N(O)Cc1ccccc1. The third kappa shape index (κ3) is 7.92. The fraction of sp³-hybridized carbons (Fsp3) is 0.364. The lowest BCUT2D eigenvalue weighted by Gasteiger charge is -2.44. The first-order chi connectivity index (χ1) is 18.9. The Bertz CT molecular complexity index is 1170. The molecule has 214 valence electrons. The van der Waals surface area contributed by atoms with Gasteiger partial charge in [0.05, 0.1) is 18.7 Å². The molecule has 0 saturated heterocycles. The Morgan fingerprint density at radius 2 is 1.38 bits per heavy atom. The van der Waals surface area contributed by atoms with Crippen molar-refractivity contribution in [2.75, 3.05) is 6.61 Å². The van der Waals surface area contributed by atoms with Crippen LogP contribution in [0.15, 0.2) is 104 Å². The minimum absolute atomic E-state index is 0.134. The molecule has 0 heterocycles. The van der Waals surface area contributed by atoms with E-state index in [1.165, 1.54) is 5.06 Å². The highest BCUT2D eigenvalue weighted by atomic mass is 28.4. The summed E-state index contributed by atoms with van der Waals surface area (Å²) in [4.78, 5) is 13.0. The molecule has 7 heteroatoms. The number of carbonyl (C=O) groups is 1. The Kier molecular flexibility index (Phi) is 10.5. The van der Waals surface area contributed by atoms with E-state index in [2.05, 4.69) is 56.9 Å². The third-order valence-corrected chi connectivity index (χ3v) is 11.8. The molecular formula is C33H44N2O4Si. The first-order valence-corrected chi connectivity index (χ1v) is 15.6. The largest absolute Gasteiger partial charge is 0.444 e. The number of hydroxylamine groups is 2. The first kappa shape index (κ1) is 31.3. The number of alkyl carbamates (subject to hydrolysis) is 1. The highest BCUT2D eigenvalue weighted by molar-refractivity contribution is 6.99. The molecule has 40 heavy (non-hydrogen) atoms. The van der Waals surface area contributed by atoms with Gasteiger partial charge in [-0.25, -0.2) is 4.79 Å². The topological polar surface area (TPSA) is 71.0 Å². The molecule has 0 bridgehead atoms. The second kappa shape index (κ2) is 13.4. The molecular weight excluding hydrogens is 516 g/mol. The van der Waals surface area contributed by atoms with Crippen molar-refractivity contribution >= 4 is 24.8 Å². The summed E-state index contributed by atoms with van der Waals surface area (Å²) in [5.41, 5.74) is 0.251. The molecule has 0 aliphatic rings. The van der Waals surface area contributed by atoms with Crippen LogP contribution in [0.5, 0.6) is 0 Å². The minimum Gasteiger partial charge on any atom is -0.444 e. The van der Waals surface area contributed by atoms with Crippen LogP contribution in [0, 0.1) is 0 Å². The number of hydrogen-bond acceptors (Lipinski definition) is 5. The van der Waals surface area contributed by atoms with Crippen LogP contribution in [-0.4, -0.2) is 49.0 Å². The standard InChI is InChI=1S/C33H44N2O4Si/c1-8-30(35(37)24-26-18-12-9-13-19-26)29(34-31(36)39-32(2,3)4)25-38-40(33(5,6)7,27-20-14-10-15-21-27)28-22-16-11-17-23-28/h8-23,29-30,37H,1,24-25H2,2-7H3,(H,34,36)/t29-,30-/m0/s1. The molecule has 0 aliphatic heterocycles. The van der Waals surface area contributed by atoms with Crippen molar-refractivity contribution < 1.29 is 19.2 Å². The molecule has 3 aromatic carbocycles. The van der Waals surface area contributed by atoms with Crippen LogP contribution in [0.3, 0.4) is 0 Å². The summed E-state index contributed by atoms with van der Waals surface area (Å²) in [6, 6.07) is 29.0. The number of amides is 1. The third-order valence-electron chi connectivity index (χ3n) is 6.78. The van der Waals surface area contributed by atoms with Gasteiger partial charge >= 0.3 is 6.09 Å². The lowest BCUT2D eigenvalue weighted by atomic mass is 10.1. The predicted molar refractivity (Wildman–Crippen MR) is 164 cm³/mol. The second-order valence-corrected chi connectivity index (χ2v) is 16.3. The quantitative estimate of drug-likeness (QED) is 0.174. The molecule has 3 rings (SSSR count). The molecule has 6 nitrogen and oxygen atoms in total. The number of benzene rings is 3. The van der Waals surface area contributed by atoms with E-state index in [0.29, 0.717) is 0 Å². The van der Waals surface area contributed by atoms with Gasteiger partial charge < -0.3 is 19.7 Å². The maximum absolute atomic E-state index is 13.0. The second-order valence-electron chi connectivity index (χ2n) is 12.0. The summed E-state index contributed by atoms with van der Waals surface area (Å²) in [6.45, 7) is 16.4. The van der Waals surface area contributed by atoms with Gasteiger partial charge in [-0.05, 0) is 41.7 Å². The maximum Gasteiger partial charge on any atom is 0.408 e. The van der Waals surface area contributed by atoms with Crippen molar-refractivity contribution in [1.82, 2.24) is 10.4 Å². The Morgan fingerprint density at radius 3 is 1.80 bits per heavy atom. The van der Waals surface area contributed by atoms with E-state index in [4.69, 9.17) is 9.16 Å². The molecule has 0 aromatic heterocycles. The predicted octanol–water partition coefficient (Wildman–Crippen LogP) is 5.90. The van der Waals surface area contributed by atoms with Crippen molar-refractivity contribution in [3.63, 3.8) is 0 Å². The van der Waals surface area contributed by atoms with Gasteiger partial charge in [0.2, 0.25) is 0 Å². The Labute approximate surface area is 240 Å². The van der Waals surface area contributed by atoms with Gasteiger partial charge in [-0.2, -0.15) is 5.06 Å². The zero-order valence-corrected chi connectivity index (χ0v) is 25.6. The summed E-state index contributed by atoms with van der Waals surface area (Å²) >= 11 is 0. The van der Waals surface area contributed by atoms with Crippen molar-refractivity contribution in [3.8, 4) is 0 Å². The highest BCUT2D eigenvalue weighted by Gasteiger charge is 2.50. The van der Waals surface area contributed by atoms with E-state index in [-0.39, 0.29) is 18.2 Å². The number of hydrogen-bond donors (Lipinski definition) is 2. The van der Waals surface area contributed by atoms with Crippen LogP contribution >= 0.6 is 0 Å². The summed E-state index contributed by atoms with van der Waals surface area (Å²) in [5.74, 6) is 0. The monoisotopic (exact) mass is 560 g/mol. The van der Waals surface area contributed by atoms with Gasteiger partial charge in [-0.3, -0.25) is 0 Å². The molecule has 2 atom stereocenters. The van der Waals surface area contributed by atoms with Crippen LogP contribution in [0.2, 0.25) is 5.04 Å². The molecule has 2 N–H and O–H groups in total. The van der Waals surface area contributed by atoms with Crippen molar-refractivity contribution in [3.05, 3.63) is 109 Å². The number of ether oxygens (including phenoxy) is 1. The summed E-state index contributed by atoms with van der Waals surface area (Å²) < 4.78 is 12.7. The normalized spacial score (nSPS) is 13.9. The van der Waals surface area contributed by atoms with Gasteiger partial charge in [0, 0.05) is 6.54 Å². The molecule has 0 radical (unpaired) electrons. The molecule has 0 unspecified atom stereocenters. The molecule has 0 saturated carbocycles. The fourth-order valence-electron chi connectivity index (χ4n) is 5.03. The van der Waals surface area contributed by atoms with Crippen molar-refractivity contribution in [1.29, 1.82) is 0 Å². The van der Waals surface area contributed by atoms with E-state index in [1.54, 1.807) is 6.08 Å². The number of nitrogens with one attached hydrogen (secondary N) is 1. The van der Waals surface area contributed by atoms with Gasteiger partial charge in [-0.1, -0.05) is 118 Å². The van der Waals surface area contributed by atoms with Gasteiger partial charge in [0.15, 0.2) is 0 Å². The average molecular weight is 561 g/mol. The highest BCUT2D eigenvalue weighted by Crippen LogP contribution is 2.37. The molecule has 0 spiro atoms. The van der Waals surface area contributed by atoms with Crippen LogP contribution in [0.4, 0.5) is 4.79 Å². The molecule has 0 aliphatic carbocycles. The van der Waals surface area contributed by atoms with E-state index >= 15 is 0 Å².